The number of amides is 2. The predicted molar refractivity (Wildman–Crippen MR) is 101 cm³/mol. The highest BCUT2D eigenvalue weighted by atomic mass is 16.2. The Morgan fingerprint density at radius 3 is 2.62 bits per heavy atom. The minimum Gasteiger partial charge on any atom is -0.340 e. The highest BCUT2D eigenvalue weighted by Crippen LogP contribution is 2.25. The number of hydrazine groups is 1. The molecule has 0 radical (unpaired) electrons. The lowest BCUT2D eigenvalue weighted by atomic mass is 9.88. The van der Waals surface area contributed by atoms with E-state index in [0.717, 1.165) is 19.6 Å². The Kier molecular flexibility index (Phi) is 6.55. The van der Waals surface area contributed by atoms with Gasteiger partial charge in [0, 0.05) is 38.1 Å². The maximum atomic E-state index is 12.7. The van der Waals surface area contributed by atoms with Gasteiger partial charge in [-0.3, -0.25) is 19.9 Å². The Morgan fingerprint density at radius 2 is 1.92 bits per heavy atom. The van der Waals surface area contributed by atoms with E-state index in [4.69, 9.17) is 0 Å². The number of nitrogens with zero attached hydrogens (tertiary/aromatic N) is 2. The Bertz CT molecular complexity index is 574. The number of carbonyl (C=O) groups excluding carboxylic acids is 2. The second-order valence-electron chi connectivity index (χ2n) is 8.17. The van der Waals surface area contributed by atoms with Gasteiger partial charge in [0.05, 0.1) is 6.54 Å². The molecule has 0 bridgehead atoms. The fourth-order valence-corrected chi connectivity index (χ4v) is 4.26. The summed E-state index contributed by atoms with van der Waals surface area (Å²) in [7, 11) is 0. The van der Waals surface area contributed by atoms with Crippen LogP contribution in [0.3, 0.4) is 0 Å². The Labute approximate surface area is 157 Å². The Morgan fingerprint density at radius 1 is 1.15 bits per heavy atom. The zero-order chi connectivity index (χ0) is 18.5. The molecule has 0 aromatic carbocycles. The average molecular weight is 361 g/mol. The van der Waals surface area contributed by atoms with Gasteiger partial charge in [0.2, 0.25) is 5.91 Å². The van der Waals surface area contributed by atoms with Crippen molar-refractivity contribution in [3.63, 3.8) is 0 Å². The zero-order valence-electron chi connectivity index (χ0n) is 16.1. The highest BCUT2D eigenvalue weighted by Gasteiger charge is 2.38. The van der Waals surface area contributed by atoms with E-state index >= 15 is 0 Å². The molecular formula is C20H32N4O2. The van der Waals surface area contributed by atoms with Crippen molar-refractivity contribution in [1.82, 2.24) is 20.7 Å². The van der Waals surface area contributed by atoms with E-state index in [1.807, 2.05) is 18.7 Å². The monoisotopic (exact) mass is 360 g/mol. The molecule has 3 aliphatic rings. The average Bonchev–Trinajstić information content (AvgIpc) is 2.63. The van der Waals surface area contributed by atoms with Gasteiger partial charge >= 0.3 is 0 Å². The van der Waals surface area contributed by atoms with Crippen LogP contribution in [0.4, 0.5) is 0 Å². The first-order chi connectivity index (χ1) is 12.5. The molecule has 26 heavy (non-hydrogen) atoms. The smallest absolute Gasteiger partial charge is 0.250 e. The summed E-state index contributed by atoms with van der Waals surface area (Å²) < 4.78 is 0. The third kappa shape index (κ3) is 4.77. The van der Waals surface area contributed by atoms with Crippen LogP contribution in [0.25, 0.3) is 0 Å². The van der Waals surface area contributed by atoms with Crippen molar-refractivity contribution in [3.05, 3.63) is 0 Å². The molecule has 0 aromatic rings. The van der Waals surface area contributed by atoms with Crippen LogP contribution in [-0.2, 0) is 9.59 Å². The minimum absolute atomic E-state index is 0.0456. The number of hydrogen-bond donors (Lipinski definition) is 2. The molecule has 2 aliphatic heterocycles. The number of carbonyl (C=O) groups is 2. The van der Waals surface area contributed by atoms with E-state index in [1.54, 1.807) is 0 Å². The Hall–Kier alpha value is -1.58. The summed E-state index contributed by atoms with van der Waals surface area (Å²) in [5, 5.41) is 0. The number of piperazine rings is 1. The summed E-state index contributed by atoms with van der Waals surface area (Å²) in [5.41, 5.74) is 5.64. The third-order valence-corrected chi connectivity index (χ3v) is 5.74. The molecule has 2 unspecified atom stereocenters. The topological polar surface area (TPSA) is 64.7 Å². The first-order valence-corrected chi connectivity index (χ1v) is 10.1. The summed E-state index contributed by atoms with van der Waals surface area (Å²) >= 11 is 0. The number of rotatable bonds is 3. The molecule has 6 heteroatoms. The molecule has 0 spiro atoms. The third-order valence-electron chi connectivity index (χ3n) is 5.74. The van der Waals surface area contributed by atoms with Crippen molar-refractivity contribution >= 4 is 11.8 Å². The van der Waals surface area contributed by atoms with Crippen molar-refractivity contribution in [2.75, 3.05) is 32.7 Å². The van der Waals surface area contributed by atoms with Crippen molar-refractivity contribution in [3.8, 4) is 11.8 Å². The molecule has 1 saturated carbocycles. The molecule has 2 atom stereocenters. The molecular weight excluding hydrogens is 328 g/mol. The van der Waals surface area contributed by atoms with E-state index < -0.39 is 0 Å². The summed E-state index contributed by atoms with van der Waals surface area (Å²) in [4.78, 5) is 29.2. The zero-order valence-corrected chi connectivity index (χ0v) is 16.1. The standard InChI is InChI=1S/C20H32N4O2/c1-15(2)8-9-17-18(12-21-22-20(17)26)23-10-11-24(19(25)14-23)13-16-6-4-3-5-7-16/h15-18,21H,3-7,10-14H2,1-2H3,(H,22,26). The fourth-order valence-electron chi connectivity index (χ4n) is 4.26. The summed E-state index contributed by atoms with van der Waals surface area (Å²) in [6.45, 7) is 7.55. The van der Waals surface area contributed by atoms with Gasteiger partial charge in [0.1, 0.15) is 5.92 Å². The molecule has 1 aliphatic carbocycles. The molecule has 144 valence electrons. The molecule has 2 amide bonds. The van der Waals surface area contributed by atoms with Gasteiger partial charge in [-0.2, -0.15) is 0 Å². The van der Waals surface area contributed by atoms with Crippen LogP contribution in [0.15, 0.2) is 0 Å². The maximum Gasteiger partial charge on any atom is 0.250 e. The number of nitrogens with one attached hydrogen (secondary N) is 2. The van der Waals surface area contributed by atoms with Gasteiger partial charge in [0.15, 0.2) is 0 Å². The molecule has 2 heterocycles. The van der Waals surface area contributed by atoms with E-state index in [2.05, 4.69) is 27.6 Å². The quantitative estimate of drug-likeness (QED) is 0.737. The van der Waals surface area contributed by atoms with E-state index in [1.165, 1.54) is 32.1 Å². The molecule has 6 nitrogen and oxygen atoms in total. The van der Waals surface area contributed by atoms with Crippen molar-refractivity contribution < 1.29 is 9.59 Å². The largest absolute Gasteiger partial charge is 0.340 e. The fraction of sp³-hybridized carbons (Fsp3) is 0.800. The van der Waals surface area contributed by atoms with Gasteiger partial charge in [-0.1, -0.05) is 45.0 Å². The van der Waals surface area contributed by atoms with Crippen LogP contribution < -0.4 is 10.9 Å². The van der Waals surface area contributed by atoms with E-state index in [-0.39, 0.29) is 29.7 Å². The summed E-state index contributed by atoms with van der Waals surface area (Å²) in [6, 6.07) is -0.0456. The first-order valence-electron chi connectivity index (χ1n) is 10.1. The van der Waals surface area contributed by atoms with E-state index in [9.17, 15) is 9.59 Å². The predicted octanol–water partition coefficient (Wildman–Crippen LogP) is 0.990. The van der Waals surface area contributed by atoms with Crippen molar-refractivity contribution in [2.45, 2.75) is 52.0 Å². The minimum atomic E-state index is -0.378. The van der Waals surface area contributed by atoms with Crippen LogP contribution >= 0.6 is 0 Å². The highest BCUT2D eigenvalue weighted by molar-refractivity contribution is 5.83. The van der Waals surface area contributed by atoms with Crippen LogP contribution in [0.5, 0.6) is 0 Å². The van der Waals surface area contributed by atoms with Crippen LogP contribution in [-0.4, -0.2) is 60.4 Å². The van der Waals surface area contributed by atoms with Crippen LogP contribution in [0.1, 0.15) is 46.0 Å². The summed E-state index contributed by atoms with van der Waals surface area (Å²) in [5.74, 6) is 6.90. The van der Waals surface area contributed by atoms with Gasteiger partial charge in [-0.25, -0.2) is 5.43 Å². The number of hydrogen-bond acceptors (Lipinski definition) is 4. The normalized spacial score (nSPS) is 28.7. The lowest BCUT2D eigenvalue weighted by molar-refractivity contribution is -0.141. The lowest BCUT2D eigenvalue weighted by Crippen LogP contribution is -2.64. The van der Waals surface area contributed by atoms with Gasteiger partial charge < -0.3 is 4.90 Å². The van der Waals surface area contributed by atoms with Crippen LogP contribution in [0.2, 0.25) is 0 Å². The first kappa shape index (κ1) is 19.2. The van der Waals surface area contributed by atoms with Crippen molar-refractivity contribution in [1.29, 1.82) is 0 Å². The molecule has 3 rings (SSSR count). The molecule has 2 saturated heterocycles. The van der Waals surface area contributed by atoms with Crippen LogP contribution in [0, 0.1) is 29.6 Å². The second-order valence-corrected chi connectivity index (χ2v) is 8.17. The molecule has 2 N–H and O–H groups in total. The van der Waals surface area contributed by atoms with Gasteiger partial charge in [-0.15, -0.1) is 0 Å². The van der Waals surface area contributed by atoms with Gasteiger partial charge in [0.25, 0.3) is 5.91 Å². The molecule has 0 aromatic heterocycles. The molecule has 3 fully saturated rings. The van der Waals surface area contributed by atoms with E-state index in [0.29, 0.717) is 19.0 Å². The Balaban J connectivity index is 1.60. The lowest BCUT2D eigenvalue weighted by Gasteiger charge is -2.43. The SMILES string of the molecule is CC(C)C#CC1C(=O)NNCC1N1CCN(CC2CCCCC2)C(=O)C1. The maximum absolute atomic E-state index is 12.7. The van der Waals surface area contributed by atoms with Gasteiger partial charge in [-0.05, 0) is 18.8 Å². The second kappa shape index (κ2) is 8.88. The summed E-state index contributed by atoms with van der Waals surface area (Å²) in [6.07, 6.45) is 6.46. The van der Waals surface area contributed by atoms with Crippen molar-refractivity contribution in [2.24, 2.45) is 17.8 Å².